The van der Waals surface area contributed by atoms with Crippen LogP contribution in [0.25, 0.3) is 0 Å². The van der Waals surface area contributed by atoms with E-state index in [2.05, 4.69) is 53.3 Å². The SMILES string of the molecule is CC(C)O[C@H]1CC[C@H](C(=O)N2Cc3cccnc3Nc3ccc(N4[C@@H]5CO[C@H]6[C@@H]5OC[C@H]64)cc32)CC1. The zero-order valence-corrected chi connectivity index (χ0v) is 20.9. The van der Waals surface area contributed by atoms with Gasteiger partial charge >= 0.3 is 0 Å². The number of ether oxygens (including phenoxy) is 3. The minimum Gasteiger partial charge on any atom is -0.376 e. The lowest BCUT2D eigenvalue weighted by atomic mass is 9.86. The van der Waals surface area contributed by atoms with Crippen LogP contribution in [-0.2, 0) is 25.5 Å². The van der Waals surface area contributed by atoms with Crippen molar-refractivity contribution in [2.24, 2.45) is 5.92 Å². The second-order valence-corrected chi connectivity index (χ2v) is 11.1. The van der Waals surface area contributed by atoms with Crippen molar-refractivity contribution in [2.45, 2.75) is 82.6 Å². The van der Waals surface area contributed by atoms with Gasteiger partial charge in [-0.25, -0.2) is 4.98 Å². The lowest BCUT2D eigenvalue weighted by Gasteiger charge is -2.38. The second kappa shape index (κ2) is 8.71. The molecule has 8 nitrogen and oxygen atoms in total. The highest BCUT2D eigenvalue weighted by Gasteiger charge is 2.60. The van der Waals surface area contributed by atoms with E-state index in [1.165, 1.54) is 0 Å². The molecule has 8 heteroatoms. The molecule has 36 heavy (non-hydrogen) atoms. The van der Waals surface area contributed by atoms with Crippen molar-refractivity contribution in [1.29, 1.82) is 0 Å². The van der Waals surface area contributed by atoms with E-state index < -0.39 is 0 Å². The van der Waals surface area contributed by atoms with E-state index in [0.717, 1.165) is 54.1 Å². The van der Waals surface area contributed by atoms with Crippen LogP contribution in [0, 0.1) is 5.92 Å². The number of nitrogens with zero attached hydrogens (tertiary/aromatic N) is 3. The van der Waals surface area contributed by atoms with Gasteiger partial charge in [-0.15, -0.1) is 0 Å². The standard InChI is InChI=1S/C28H34N4O4/c1-16(2)36-20-8-5-17(6-9-20)28(33)31-13-18-4-3-11-29-27(18)30-21-10-7-19(12-22(21)31)32-23-14-34-26-24(32)15-35-25(23)26/h3-4,7,10-12,16-17,20,23-26H,5-6,8-9,13-15H2,1-2H3,(H,29,30)/t17-,20-,23-,24-,25-,26-/m1/s1. The fourth-order valence-electron chi connectivity index (χ4n) is 6.88. The molecule has 1 aliphatic carbocycles. The van der Waals surface area contributed by atoms with Gasteiger partial charge in [-0.05, 0) is 63.8 Å². The Labute approximate surface area is 211 Å². The first-order valence-electron chi connectivity index (χ1n) is 13.4. The molecule has 0 unspecified atom stereocenters. The molecule has 2 aromatic rings. The summed E-state index contributed by atoms with van der Waals surface area (Å²) >= 11 is 0. The summed E-state index contributed by atoms with van der Waals surface area (Å²) in [6.45, 7) is 6.06. The Kier molecular flexibility index (Phi) is 5.45. The molecule has 4 aliphatic heterocycles. The first-order chi connectivity index (χ1) is 17.6. The summed E-state index contributed by atoms with van der Waals surface area (Å²) in [5, 5.41) is 3.51. The predicted molar refractivity (Wildman–Crippen MR) is 137 cm³/mol. The molecular weight excluding hydrogens is 456 g/mol. The van der Waals surface area contributed by atoms with Crippen LogP contribution in [0.2, 0.25) is 0 Å². The number of carbonyl (C=O) groups excluding carboxylic acids is 1. The van der Waals surface area contributed by atoms with Gasteiger partial charge in [0.25, 0.3) is 0 Å². The van der Waals surface area contributed by atoms with Gasteiger partial charge in [0.05, 0.1) is 55.4 Å². The van der Waals surface area contributed by atoms with E-state index in [9.17, 15) is 4.79 Å². The first-order valence-corrected chi connectivity index (χ1v) is 13.4. The lowest BCUT2D eigenvalue weighted by Crippen LogP contribution is -2.50. The highest BCUT2D eigenvalue weighted by atomic mass is 16.6. The third-order valence-electron chi connectivity index (χ3n) is 8.51. The van der Waals surface area contributed by atoms with Crippen LogP contribution in [0.5, 0.6) is 0 Å². The van der Waals surface area contributed by atoms with E-state index in [-0.39, 0.29) is 48.3 Å². The molecule has 1 saturated carbocycles. The third-order valence-corrected chi connectivity index (χ3v) is 8.51. The van der Waals surface area contributed by atoms with Crippen molar-refractivity contribution in [3.05, 3.63) is 42.1 Å². The molecule has 4 fully saturated rings. The van der Waals surface area contributed by atoms with E-state index in [1.807, 2.05) is 11.0 Å². The Balaban J connectivity index is 1.21. The average Bonchev–Trinajstić information content (AvgIpc) is 3.53. The monoisotopic (exact) mass is 490 g/mol. The summed E-state index contributed by atoms with van der Waals surface area (Å²) < 4.78 is 18.0. The minimum absolute atomic E-state index is 0.00681. The van der Waals surface area contributed by atoms with Crippen LogP contribution in [-0.4, -0.2) is 60.6 Å². The molecule has 5 aliphatic rings. The maximum Gasteiger partial charge on any atom is 0.230 e. The van der Waals surface area contributed by atoms with Gasteiger partial charge in [0, 0.05) is 23.4 Å². The van der Waals surface area contributed by atoms with Gasteiger partial charge in [0.15, 0.2) is 0 Å². The average molecular weight is 491 g/mol. The number of carbonyl (C=O) groups is 1. The summed E-state index contributed by atoms with van der Waals surface area (Å²) in [7, 11) is 0. The summed E-state index contributed by atoms with van der Waals surface area (Å²) in [5.74, 6) is 1.02. The predicted octanol–water partition coefficient (Wildman–Crippen LogP) is 4.01. The van der Waals surface area contributed by atoms with Gasteiger partial charge in [-0.1, -0.05) is 6.07 Å². The molecule has 4 bridgehead atoms. The summed E-state index contributed by atoms with van der Waals surface area (Å²) in [5.41, 5.74) is 4.01. The number of fused-ring (bicyclic) bond motifs is 2. The normalized spacial score (nSPS) is 32.3. The van der Waals surface area contributed by atoms with E-state index >= 15 is 0 Å². The van der Waals surface area contributed by atoms with Crippen molar-refractivity contribution in [1.82, 2.24) is 4.98 Å². The van der Waals surface area contributed by atoms with Crippen molar-refractivity contribution in [3.8, 4) is 0 Å². The molecule has 0 spiro atoms. The molecule has 5 heterocycles. The van der Waals surface area contributed by atoms with Gasteiger partial charge in [0.2, 0.25) is 5.91 Å². The Morgan fingerprint density at radius 3 is 2.56 bits per heavy atom. The second-order valence-electron chi connectivity index (χ2n) is 11.1. The van der Waals surface area contributed by atoms with Crippen LogP contribution in [0.4, 0.5) is 22.9 Å². The number of anilines is 4. The molecular formula is C28H34N4O4. The quantitative estimate of drug-likeness (QED) is 0.694. The fourth-order valence-corrected chi connectivity index (χ4v) is 6.88. The molecule has 1 aromatic carbocycles. The van der Waals surface area contributed by atoms with Crippen LogP contribution >= 0.6 is 0 Å². The number of morpholine rings is 2. The minimum atomic E-state index is 0.00681. The summed E-state index contributed by atoms with van der Waals surface area (Å²) in [6, 6.07) is 10.9. The van der Waals surface area contributed by atoms with E-state index in [1.54, 1.807) is 6.20 Å². The van der Waals surface area contributed by atoms with E-state index in [4.69, 9.17) is 14.2 Å². The summed E-state index contributed by atoms with van der Waals surface area (Å²) in [6.07, 6.45) is 6.19. The van der Waals surface area contributed by atoms with Gasteiger partial charge in [0.1, 0.15) is 18.0 Å². The molecule has 3 saturated heterocycles. The number of hydrogen-bond acceptors (Lipinski definition) is 7. The maximum atomic E-state index is 14.1. The van der Waals surface area contributed by atoms with Crippen molar-refractivity contribution in [3.63, 3.8) is 0 Å². The molecule has 7 rings (SSSR count). The highest BCUT2D eigenvalue weighted by Crippen LogP contribution is 2.46. The van der Waals surface area contributed by atoms with Crippen LogP contribution < -0.4 is 15.1 Å². The first kappa shape index (κ1) is 22.5. The van der Waals surface area contributed by atoms with Crippen molar-refractivity contribution < 1.29 is 19.0 Å². The molecule has 1 amide bonds. The Morgan fingerprint density at radius 2 is 1.83 bits per heavy atom. The Bertz CT molecular complexity index is 1150. The van der Waals surface area contributed by atoms with E-state index in [0.29, 0.717) is 19.8 Å². The number of amides is 1. The van der Waals surface area contributed by atoms with Gasteiger partial charge in [-0.2, -0.15) is 0 Å². The lowest BCUT2D eigenvalue weighted by molar-refractivity contribution is -0.124. The number of rotatable bonds is 4. The maximum absolute atomic E-state index is 14.1. The molecule has 190 valence electrons. The van der Waals surface area contributed by atoms with Crippen molar-refractivity contribution in [2.75, 3.05) is 28.3 Å². The van der Waals surface area contributed by atoms with Crippen LogP contribution in [0.1, 0.15) is 45.1 Å². The van der Waals surface area contributed by atoms with Crippen LogP contribution in [0.3, 0.4) is 0 Å². The number of hydrogen-bond donors (Lipinski definition) is 1. The molecule has 4 atom stereocenters. The van der Waals surface area contributed by atoms with Crippen molar-refractivity contribution >= 4 is 28.8 Å². The molecule has 0 radical (unpaired) electrons. The number of aromatic nitrogens is 1. The van der Waals surface area contributed by atoms with Gasteiger partial charge in [-0.3, -0.25) is 4.79 Å². The zero-order chi connectivity index (χ0) is 24.4. The number of benzene rings is 1. The Morgan fingerprint density at radius 1 is 1.08 bits per heavy atom. The number of pyridine rings is 1. The Hall–Kier alpha value is -2.68. The largest absolute Gasteiger partial charge is 0.376 e. The smallest absolute Gasteiger partial charge is 0.230 e. The highest BCUT2D eigenvalue weighted by molar-refractivity contribution is 6.00. The summed E-state index contributed by atoms with van der Waals surface area (Å²) in [4.78, 5) is 23.1. The topological polar surface area (TPSA) is 76.2 Å². The zero-order valence-electron chi connectivity index (χ0n) is 20.9. The number of nitrogens with one attached hydrogen (secondary N) is 1. The molecule has 1 N–H and O–H groups in total. The van der Waals surface area contributed by atoms with Gasteiger partial charge < -0.3 is 29.3 Å². The fraction of sp³-hybridized carbons (Fsp3) is 0.571. The third kappa shape index (κ3) is 3.61. The molecule has 1 aromatic heterocycles. The van der Waals surface area contributed by atoms with Crippen LogP contribution in [0.15, 0.2) is 36.5 Å².